The molecule has 0 atom stereocenters. The summed E-state index contributed by atoms with van der Waals surface area (Å²) < 4.78 is 13.4. The Hall–Kier alpha value is -2.74. The number of piperidine rings is 1. The maximum absolute atomic E-state index is 13.4. The van der Waals surface area contributed by atoms with Gasteiger partial charge in [0.2, 0.25) is 0 Å². The molecule has 0 aliphatic carbocycles. The van der Waals surface area contributed by atoms with Crippen LogP contribution in [0.25, 0.3) is 0 Å². The van der Waals surface area contributed by atoms with Crippen molar-refractivity contribution in [3.8, 4) is 0 Å². The van der Waals surface area contributed by atoms with Gasteiger partial charge in [0.05, 0.1) is 17.4 Å². The number of nitrogens with one attached hydrogen (secondary N) is 2. The van der Waals surface area contributed by atoms with E-state index in [4.69, 9.17) is 0 Å². The van der Waals surface area contributed by atoms with Crippen molar-refractivity contribution < 1.29 is 14.3 Å². The molecule has 1 aromatic heterocycles. The number of benzene rings is 1. The van der Waals surface area contributed by atoms with E-state index >= 15 is 0 Å². The molecule has 0 saturated carbocycles. The number of halogens is 1. The van der Waals surface area contributed by atoms with Gasteiger partial charge < -0.3 is 20.6 Å². The number of hydrogen-bond acceptors (Lipinski definition) is 6. The van der Waals surface area contributed by atoms with Gasteiger partial charge in [-0.1, -0.05) is 0 Å². The van der Waals surface area contributed by atoms with Crippen LogP contribution in [0.15, 0.2) is 30.7 Å². The molecule has 2 aliphatic heterocycles. The number of aromatic nitrogens is 2. The van der Waals surface area contributed by atoms with Gasteiger partial charge in [0.15, 0.2) is 5.82 Å². The minimum atomic E-state index is -1.19. The Bertz CT molecular complexity index is 830. The van der Waals surface area contributed by atoms with Crippen molar-refractivity contribution >= 4 is 23.2 Å². The first-order valence-corrected chi connectivity index (χ1v) is 8.62. The number of carboxylic acids is 1. The van der Waals surface area contributed by atoms with Crippen LogP contribution in [0.2, 0.25) is 0 Å². The zero-order valence-electron chi connectivity index (χ0n) is 14.2. The van der Waals surface area contributed by atoms with Crippen LogP contribution in [0.5, 0.6) is 0 Å². The summed E-state index contributed by atoms with van der Waals surface area (Å²) in [5.41, 5.74) is 1.22. The highest BCUT2D eigenvalue weighted by molar-refractivity contribution is 5.95. The largest absolute Gasteiger partial charge is 0.478 e. The van der Waals surface area contributed by atoms with E-state index in [1.54, 1.807) is 6.20 Å². The summed E-state index contributed by atoms with van der Waals surface area (Å²) in [4.78, 5) is 22.0. The molecule has 3 heterocycles. The van der Waals surface area contributed by atoms with Crippen molar-refractivity contribution in [2.45, 2.75) is 12.8 Å². The van der Waals surface area contributed by atoms with E-state index < -0.39 is 11.8 Å². The van der Waals surface area contributed by atoms with Gasteiger partial charge in [-0.2, -0.15) is 0 Å². The topological polar surface area (TPSA) is 90.4 Å². The third-order valence-corrected chi connectivity index (χ3v) is 5.30. The SMILES string of the molecule is O=C(O)c1cc(F)ccc1Nc1cncnc1N1CCC2(CC1)CNC2. The van der Waals surface area contributed by atoms with Gasteiger partial charge in [0.25, 0.3) is 0 Å². The number of anilines is 3. The summed E-state index contributed by atoms with van der Waals surface area (Å²) >= 11 is 0. The molecule has 0 unspecified atom stereocenters. The van der Waals surface area contributed by atoms with E-state index in [9.17, 15) is 14.3 Å². The number of rotatable bonds is 4. The van der Waals surface area contributed by atoms with Crippen molar-refractivity contribution in [3.05, 3.63) is 42.1 Å². The number of carbonyl (C=O) groups is 1. The standard InChI is InChI=1S/C18H20FN5O2/c19-12-1-2-14(13(7-12)17(25)26)23-15-8-20-11-22-16(15)24-5-3-18(4-6-24)9-21-10-18/h1-2,7-8,11,21,23H,3-6,9-10H2,(H,25,26). The van der Waals surface area contributed by atoms with Gasteiger partial charge in [-0.25, -0.2) is 19.2 Å². The summed E-state index contributed by atoms with van der Waals surface area (Å²) in [6.07, 6.45) is 5.30. The second-order valence-electron chi connectivity index (χ2n) is 6.97. The number of carboxylic acid groups (broad SMARTS) is 1. The summed E-state index contributed by atoms with van der Waals surface area (Å²) in [5.74, 6) is -1.04. The highest BCUT2D eigenvalue weighted by Gasteiger charge is 2.40. The molecular weight excluding hydrogens is 337 g/mol. The fourth-order valence-corrected chi connectivity index (χ4v) is 3.64. The summed E-state index contributed by atoms with van der Waals surface area (Å²) in [7, 11) is 0. The molecule has 7 nitrogen and oxygen atoms in total. The molecule has 2 saturated heterocycles. The Labute approximate surface area is 150 Å². The Morgan fingerprint density at radius 1 is 1.27 bits per heavy atom. The van der Waals surface area contributed by atoms with Crippen molar-refractivity contribution in [1.82, 2.24) is 15.3 Å². The molecule has 0 amide bonds. The van der Waals surface area contributed by atoms with Gasteiger partial charge in [0.1, 0.15) is 17.8 Å². The van der Waals surface area contributed by atoms with Crippen molar-refractivity contribution in [3.63, 3.8) is 0 Å². The van der Waals surface area contributed by atoms with Gasteiger partial charge in [-0.15, -0.1) is 0 Å². The fraction of sp³-hybridized carbons (Fsp3) is 0.389. The minimum Gasteiger partial charge on any atom is -0.478 e. The fourth-order valence-electron chi connectivity index (χ4n) is 3.64. The molecule has 1 spiro atoms. The first kappa shape index (κ1) is 16.7. The van der Waals surface area contributed by atoms with Crippen LogP contribution in [0.1, 0.15) is 23.2 Å². The van der Waals surface area contributed by atoms with Gasteiger partial charge in [-0.05, 0) is 36.5 Å². The van der Waals surface area contributed by atoms with Crippen LogP contribution in [-0.4, -0.2) is 47.2 Å². The van der Waals surface area contributed by atoms with E-state index in [-0.39, 0.29) is 5.56 Å². The molecule has 3 N–H and O–H groups in total. The molecular formula is C18H20FN5O2. The lowest BCUT2D eigenvalue weighted by Gasteiger charge is -2.48. The Kier molecular flexibility index (Phi) is 4.20. The molecule has 8 heteroatoms. The van der Waals surface area contributed by atoms with Crippen LogP contribution in [-0.2, 0) is 0 Å². The van der Waals surface area contributed by atoms with Gasteiger partial charge in [0, 0.05) is 26.2 Å². The Morgan fingerprint density at radius 2 is 2.04 bits per heavy atom. The molecule has 2 fully saturated rings. The van der Waals surface area contributed by atoms with Crippen molar-refractivity contribution in [2.24, 2.45) is 5.41 Å². The van der Waals surface area contributed by atoms with Crippen molar-refractivity contribution in [2.75, 3.05) is 36.4 Å². The summed E-state index contributed by atoms with van der Waals surface area (Å²) in [6.45, 7) is 3.94. The minimum absolute atomic E-state index is 0.127. The first-order valence-electron chi connectivity index (χ1n) is 8.62. The second-order valence-corrected chi connectivity index (χ2v) is 6.97. The molecule has 0 bridgehead atoms. The molecule has 1 aromatic carbocycles. The predicted molar refractivity (Wildman–Crippen MR) is 95.4 cm³/mol. The van der Waals surface area contributed by atoms with E-state index in [0.29, 0.717) is 16.8 Å². The number of hydrogen-bond donors (Lipinski definition) is 3. The molecule has 4 rings (SSSR count). The second kappa shape index (κ2) is 6.53. The van der Waals surface area contributed by atoms with E-state index in [1.807, 2.05) is 0 Å². The smallest absolute Gasteiger partial charge is 0.337 e. The first-order chi connectivity index (χ1) is 12.6. The molecule has 136 valence electrons. The molecule has 26 heavy (non-hydrogen) atoms. The lowest BCUT2D eigenvalue weighted by atomic mass is 9.73. The van der Waals surface area contributed by atoms with E-state index in [0.717, 1.165) is 50.9 Å². The highest BCUT2D eigenvalue weighted by Crippen LogP contribution is 2.38. The van der Waals surface area contributed by atoms with Crippen LogP contribution in [0.4, 0.5) is 21.6 Å². The molecule has 2 aromatic rings. The van der Waals surface area contributed by atoms with Crippen LogP contribution >= 0.6 is 0 Å². The highest BCUT2D eigenvalue weighted by atomic mass is 19.1. The zero-order chi connectivity index (χ0) is 18.1. The monoisotopic (exact) mass is 357 g/mol. The Balaban J connectivity index is 1.58. The lowest BCUT2D eigenvalue weighted by Crippen LogP contribution is -2.58. The average molecular weight is 357 g/mol. The average Bonchev–Trinajstić information content (AvgIpc) is 2.62. The molecule has 0 radical (unpaired) electrons. The predicted octanol–water partition coefficient (Wildman–Crippen LogP) is 2.25. The van der Waals surface area contributed by atoms with Crippen LogP contribution in [0, 0.1) is 11.2 Å². The normalized spacial score (nSPS) is 18.4. The van der Waals surface area contributed by atoms with Crippen molar-refractivity contribution in [1.29, 1.82) is 0 Å². The van der Waals surface area contributed by atoms with Gasteiger partial charge in [-0.3, -0.25) is 0 Å². The number of nitrogens with zero attached hydrogens (tertiary/aromatic N) is 3. The van der Waals surface area contributed by atoms with Gasteiger partial charge >= 0.3 is 5.97 Å². The van der Waals surface area contributed by atoms with Crippen LogP contribution in [0.3, 0.4) is 0 Å². The zero-order valence-corrected chi connectivity index (χ0v) is 14.2. The van der Waals surface area contributed by atoms with E-state index in [2.05, 4.69) is 25.5 Å². The summed E-state index contributed by atoms with van der Waals surface area (Å²) in [5, 5.41) is 15.7. The third-order valence-electron chi connectivity index (χ3n) is 5.30. The van der Waals surface area contributed by atoms with Crippen LogP contribution < -0.4 is 15.5 Å². The number of aromatic carboxylic acids is 1. The lowest BCUT2D eigenvalue weighted by molar-refractivity contribution is 0.0697. The maximum Gasteiger partial charge on any atom is 0.337 e. The summed E-state index contributed by atoms with van der Waals surface area (Å²) in [6, 6.07) is 3.65. The Morgan fingerprint density at radius 3 is 2.69 bits per heavy atom. The van der Waals surface area contributed by atoms with E-state index in [1.165, 1.54) is 18.5 Å². The maximum atomic E-state index is 13.4. The quantitative estimate of drug-likeness (QED) is 0.773. The molecule has 2 aliphatic rings. The third kappa shape index (κ3) is 3.08.